The topological polar surface area (TPSA) is 118 Å². The Balaban J connectivity index is 2.28. The first kappa shape index (κ1) is 14.3. The third-order valence-corrected chi connectivity index (χ3v) is 2.70. The van der Waals surface area contributed by atoms with Gasteiger partial charge in [-0.25, -0.2) is 4.39 Å². The maximum Gasteiger partial charge on any atom is 0.271 e. The monoisotopic (exact) mass is 291 g/mol. The zero-order chi connectivity index (χ0) is 15.6. The molecule has 0 radical (unpaired) electrons. The molecule has 21 heavy (non-hydrogen) atoms. The van der Waals surface area contributed by atoms with Crippen LogP contribution in [-0.2, 0) is 0 Å². The van der Waals surface area contributed by atoms with Crippen LogP contribution in [0.4, 0.5) is 21.5 Å². The van der Waals surface area contributed by atoms with E-state index in [0.717, 1.165) is 24.3 Å². The quantitative estimate of drug-likeness (QED) is 0.347. The Kier molecular flexibility index (Phi) is 3.70. The minimum atomic E-state index is -0.758. The first-order chi connectivity index (χ1) is 9.88. The van der Waals surface area contributed by atoms with Crippen molar-refractivity contribution in [3.8, 4) is 5.75 Å². The number of phenolic OH excluding ortho intramolecular Hbond substituents is 1. The van der Waals surface area contributed by atoms with Crippen molar-refractivity contribution < 1.29 is 19.2 Å². The second kappa shape index (κ2) is 5.45. The number of nitrogens with two attached hydrogens (primary N) is 1. The van der Waals surface area contributed by atoms with E-state index in [0.29, 0.717) is 0 Å². The zero-order valence-corrected chi connectivity index (χ0v) is 10.5. The number of aromatic hydroxyl groups is 1. The van der Waals surface area contributed by atoms with Gasteiger partial charge in [0.15, 0.2) is 0 Å². The van der Waals surface area contributed by atoms with Crippen LogP contribution in [0.15, 0.2) is 36.4 Å². The Bertz CT molecular complexity index is 733. The maximum atomic E-state index is 13.3. The molecule has 0 aliphatic heterocycles. The van der Waals surface area contributed by atoms with Crippen LogP contribution in [0.2, 0.25) is 0 Å². The second-order valence-electron chi connectivity index (χ2n) is 4.15. The van der Waals surface area contributed by atoms with Crippen LogP contribution in [0, 0.1) is 15.9 Å². The van der Waals surface area contributed by atoms with Gasteiger partial charge in [0.2, 0.25) is 0 Å². The lowest BCUT2D eigenvalue weighted by atomic mass is 10.1. The normalized spacial score (nSPS) is 10.1. The van der Waals surface area contributed by atoms with Crippen LogP contribution in [0.1, 0.15) is 10.4 Å². The Labute approximate surface area is 118 Å². The highest BCUT2D eigenvalue weighted by Crippen LogP contribution is 2.28. The number of nitrogen functional groups attached to an aromatic ring is 1. The molecule has 0 bridgehead atoms. The molecule has 0 aliphatic rings. The molecule has 0 aromatic heterocycles. The smallest absolute Gasteiger partial charge is 0.271 e. The second-order valence-corrected chi connectivity index (χ2v) is 4.15. The summed E-state index contributed by atoms with van der Waals surface area (Å²) in [5.41, 5.74) is 4.71. The van der Waals surface area contributed by atoms with Crippen molar-refractivity contribution in [1.82, 2.24) is 0 Å². The Morgan fingerprint density at radius 1 is 1.29 bits per heavy atom. The standard InChI is InChI=1S/C13H10FN3O4/c14-9-5-7(1-3-10(9)15)13(19)16-11-6-8(17(20)21)2-4-12(11)18/h1-6,18H,15H2,(H,16,19). The third-order valence-electron chi connectivity index (χ3n) is 2.70. The number of hydrogen-bond acceptors (Lipinski definition) is 5. The highest BCUT2D eigenvalue weighted by atomic mass is 19.1. The lowest BCUT2D eigenvalue weighted by Crippen LogP contribution is -2.12. The predicted octanol–water partition coefficient (Wildman–Crippen LogP) is 2.27. The van der Waals surface area contributed by atoms with Gasteiger partial charge in [-0.05, 0) is 24.3 Å². The van der Waals surface area contributed by atoms with Gasteiger partial charge in [0.25, 0.3) is 11.6 Å². The van der Waals surface area contributed by atoms with Crippen molar-refractivity contribution in [3.63, 3.8) is 0 Å². The third kappa shape index (κ3) is 3.06. The summed E-state index contributed by atoms with van der Waals surface area (Å²) in [6, 6.07) is 6.62. The molecule has 0 unspecified atom stereocenters. The molecule has 4 N–H and O–H groups in total. The molecule has 2 aromatic rings. The summed E-state index contributed by atoms with van der Waals surface area (Å²) in [5, 5.41) is 22.5. The molecule has 7 nitrogen and oxygen atoms in total. The number of rotatable bonds is 3. The number of nitrogens with one attached hydrogen (secondary N) is 1. The Morgan fingerprint density at radius 3 is 2.62 bits per heavy atom. The van der Waals surface area contributed by atoms with Gasteiger partial charge < -0.3 is 16.2 Å². The Morgan fingerprint density at radius 2 is 2.00 bits per heavy atom. The number of carbonyl (C=O) groups is 1. The van der Waals surface area contributed by atoms with Crippen LogP contribution < -0.4 is 11.1 Å². The van der Waals surface area contributed by atoms with Gasteiger partial charge in [-0.2, -0.15) is 0 Å². The zero-order valence-electron chi connectivity index (χ0n) is 10.5. The lowest BCUT2D eigenvalue weighted by Gasteiger charge is -2.07. The molecule has 2 aromatic carbocycles. The van der Waals surface area contributed by atoms with Crippen molar-refractivity contribution in [1.29, 1.82) is 0 Å². The van der Waals surface area contributed by atoms with Crippen molar-refractivity contribution in [3.05, 3.63) is 57.9 Å². The molecule has 0 saturated heterocycles. The summed E-state index contributed by atoms with van der Waals surface area (Å²) < 4.78 is 13.3. The summed E-state index contributed by atoms with van der Waals surface area (Å²) in [7, 11) is 0. The average Bonchev–Trinajstić information content (AvgIpc) is 2.43. The van der Waals surface area contributed by atoms with Crippen molar-refractivity contribution in [2.75, 3.05) is 11.1 Å². The van der Waals surface area contributed by atoms with Gasteiger partial charge in [-0.1, -0.05) is 0 Å². The lowest BCUT2D eigenvalue weighted by molar-refractivity contribution is -0.384. The molecule has 0 heterocycles. The van der Waals surface area contributed by atoms with E-state index in [1.165, 1.54) is 12.1 Å². The van der Waals surface area contributed by atoms with E-state index in [1.807, 2.05) is 0 Å². The summed E-state index contributed by atoms with van der Waals surface area (Å²) >= 11 is 0. The summed E-state index contributed by atoms with van der Waals surface area (Å²) in [6.45, 7) is 0. The molecule has 2 rings (SSSR count). The van der Waals surface area contributed by atoms with E-state index in [9.17, 15) is 24.4 Å². The SMILES string of the molecule is Nc1ccc(C(=O)Nc2cc([N+](=O)[O-])ccc2O)cc1F. The van der Waals surface area contributed by atoms with Gasteiger partial charge in [-0.15, -0.1) is 0 Å². The van der Waals surface area contributed by atoms with E-state index in [-0.39, 0.29) is 28.4 Å². The van der Waals surface area contributed by atoms with E-state index in [4.69, 9.17) is 5.73 Å². The number of nitro groups is 1. The van der Waals surface area contributed by atoms with Gasteiger partial charge in [0, 0.05) is 17.7 Å². The highest BCUT2D eigenvalue weighted by molar-refractivity contribution is 6.05. The van der Waals surface area contributed by atoms with Crippen molar-refractivity contribution in [2.45, 2.75) is 0 Å². The first-order valence-electron chi connectivity index (χ1n) is 5.72. The molecule has 0 saturated carbocycles. The number of benzene rings is 2. The first-order valence-corrected chi connectivity index (χ1v) is 5.72. The van der Waals surface area contributed by atoms with Crippen LogP contribution >= 0.6 is 0 Å². The molecule has 0 spiro atoms. The highest BCUT2D eigenvalue weighted by Gasteiger charge is 2.14. The molecule has 8 heteroatoms. The number of nitrogens with zero attached hydrogens (tertiary/aromatic N) is 1. The van der Waals surface area contributed by atoms with Gasteiger partial charge in [0.1, 0.15) is 11.6 Å². The number of nitro benzene ring substituents is 1. The van der Waals surface area contributed by atoms with Crippen molar-refractivity contribution >= 4 is 23.0 Å². The van der Waals surface area contributed by atoms with Gasteiger partial charge >= 0.3 is 0 Å². The largest absolute Gasteiger partial charge is 0.506 e. The summed E-state index contributed by atoms with van der Waals surface area (Å²) in [4.78, 5) is 21.9. The van der Waals surface area contributed by atoms with Crippen LogP contribution in [0.3, 0.4) is 0 Å². The Hall–Kier alpha value is -3.16. The molecule has 0 atom stereocenters. The fraction of sp³-hybridized carbons (Fsp3) is 0. The number of anilines is 2. The minimum absolute atomic E-state index is 0.0346. The summed E-state index contributed by atoms with van der Waals surface area (Å²) in [6.07, 6.45) is 0. The number of amides is 1. The van der Waals surface area contributed by atoms with E-state index in [1.54, 1.807) is 0 Å². The molecule has 0 fully saturated rings. The molecular formula is C13H10FN3O4. The fourth-order valence-electron chi connectivity index (χ4n) is 1.60. The van der Waals surface area contributed by atoms with E-state index < -0.39 is 16.6 Å². The van der Waals surface area contributed by atoms with Crippen molar-refractivity contribution in [2.24, 2.45) is 0 Å². The molecule has 108 valence electrons. The number of carbonyl (C=O) groups excluding carboxylic acids is 1. The van der Waals surface area contributed by atoms with Crippen LogP contribution in [0.25, 0.3) is 0 Å². The van der Waals surface area contributed by atoms with E-state index >= 15 is 0 Å². The minimum Gasteiger partial charge on any atom is -0.506 e. The average molecular weight is 291 g/mol. The number of hydrogen-bond donors (Lipinski definition) is 3. The molecule has 1 amide bonds. The van der Waals surface area contributed by atoms with E-state index in [2.05, 4.69) is 5.32 Å². The fourth-order valence-corrected chi connectivity index (χ4v) is 1.60. The molecule has 0 aliphatic carbocycles. The number of phenols is 1. The summed E-state index contributed by atoms with van der Waals surface area (Å²) in [5.74, 6) is -1.83. The predicted molar refractivity (Wildman–Crippen MR) is 73.5 cm³/mol. The number of halogens is 1. The van der Waals surface area contributed by atoms with Gasteiger partial charge in [0.05, 0.1) is 16.3 Å². The maximum absolute atomic E-state index is 13.3. The molecular weight excluding hydrogens is 281 g/mol. The number of non-ortho nitro benzene ring substituents is 1. The van der Waals surface area contributed by atoms with Crippen LogP contribution in [0.5, 0.6) is 5.75 Å². The van der Waals surface area contributed by atoms with Crippen LogP contribution in [-0.4, -0.2) is 15.9 Å². The van der Waals surface area contributed by atoms with Gasteiger partial charge in [-0.3, -0.25) is 14.9 Å².